The summed E-state index contributed by atoms with van der Waals surface area (Å²) in [6, 6.07) is 30.6. The van der Waals surface area contributed by atoms with Crippen LogP contribution in [0.4, 0.5) is 5.69 Å². The molecule has 5 heteroatoms. The van der Waals surface area contributed by atoms with E-state index in [0.29, 0.717) is 27.7 Å². The molecule has 1 aromatic heterocycles. The first-order valence-electron chi connectivity index (χ1n) is 10.7. The molecule has 5 aromatic rings. The van der Waals surface area contributed by atoms with Gasteiger partial charge in [-0.1, -0.05) is 78.3 Å². The van der Waals surface area contributed by atoms with Crippen molar-refractivity contribution in [1.29, 1.82) is 0 Å². The number of anilines is 1. The molecule has 162 valence electrons. The van der Waals surface area contributed by atoms with Crippen LogP contribution in [-0.2, 0) is 4.79 Å². The molecule has 0 unspecified atom stereocenters. The van der Waals surface area contributed by atoms with E-state index in [-0.39, 0.29) is 5.91 Å². The molecule has 0 aliphatic heterocycles. The molecule has 0 aliphatic carbocycles. The molecule has 0 spiro atoms. The van der Waals surface area contributed by atoms with E-state index in [4.69, 9.17) is 16.0 Å². The molecule has 0 bridgehead atoms. The summed E-state index contributed by atoms with van der Waals surface area (Å²) in [6.45, 7) is 2.01. The molecule has 1 heterocycles. The molecule has 4 aromatic carbocycles. The minimum Gasteiger partial charge on any atom is -0.436 e. The Bertz CT molecular complexity index is 1390. The van der Waals surface area contributed by atoms with E-state index in [1.54, 1.807) is 18.2 Å². The van der Waals surface area contributed by atoms with Gasteiger partial charge < -0.3 is 9.73 Å². The highest BCUT2D eigenvalue weighted by Gasteiger charge is 2.23. The molecule has 1 N–H and O–H groups in total. The lowest BCUT2D eigenvalue weighted by Gasteiger charge is -2.18. The van der Waals surface area contributed by atoms with Crippen LogP contribution in [0.15, 0.2) is 101 Å². The van der Waals surface area contributed by atoms with Gasteiger partial charge in [-0.3, -0.25) is 4.79 Å². The van der Waals surface area contributed by atoms with Gasteiger partial charge in [0, 0.05) is 5.69 Å². The zero-order valence-electron chi connectivity index (χ0n) is 18.0. The van der Waals surface area contributed by atoms with Gasteiger partial charge in [0.05, 0.1) is 16.5 Å². The highest BCUT2D eigenvalue weighted by molar-refractivity contribution is 6.33. The van der Waals surface area contributed by atoms with E-state index < -0.39 is 5.92 Å². The Balaban J connectivity index is 1.48. The lowest BCUT2D eigenvalue weighted by molar-refractivity contribution is -0.116. The van der Waals surface area contributed by atoms with Crippen molar-refractivity contribution >= 4 is 34.3 Å². The van der Waals surface area contributed by atoms with Gasteiger partial charge in [0.2, 0.25) is 11.8 Å². The topological polar surface area (TPSA) is 55.1 Å². The number of rotatable bonds is 5. The number of carbonyl (C=O) groups is 1. The molecule has 0 atom stereocenters. The van der Waals surface area contributed by atoms with Crippen molar-refractivity contribution in [2.75, 3.05) is 5.32 Å². The number of hydrogen-bond donors (Lipinski definition) is 1. The molecular weight excluding hydrogens is 432 g/mol. The zero-order chi connectivity index (χ0) is 22.8. The normalized spacial score (nSPS) is 11.1. The predicted molar refractivity (Wildman–Crippen MR) is 133 cm³/mol. The van der Waals surface area contributed by atoms with Crippen molar-refractivity contribution in [1.82, 2.24) is 4.98 Å². The van der Waals surface area contributed by atoms with Crippen molar-refractivity contribution in [2.24, 2.45) is 0 Å². The molecule has 4 nitrogen and oxygen atoms in total. The Labute approximate surface area is 196 Å². The molecule has 5 rings (SSSR count). The lowest BCUT2D eigenvalue weighted by atomic mass is 9.90. The highest BCUT2D eigenvalue weighted by atomic mass is 35.5. The first-order valence-corrected chi connectivity index (χ1v) is 11.0. The van der Waals surface area contributed by atoms with E-state index in [1.807, 2.05) is 85.8 Å². The Morgan fingerprint density at radius 2 is 1.55 bits per heavy atom. The summed E-state index contributed by atoms with van der Waals surface area (Å²) >= 11 is 6.47. The van der Waals surface area contributed by atoms with Crippen LogP contribution in [0.1, 0.15) is 22.6 Å². The summed E-state index contributed by atoms with van der Waals surface area (Å²) in [5, 5.41) is 3.55. The number of amides is 1. The number of aryl methyl sites for hydroxylation is 1. The van der Waals surface area contributed by atoms with Gasteiger partial charge in [0.1, 0.15) is 5.52 Å². The largest absolute Gasteiger partial charge is 0.436 e. The van der Waals surface area contributed by atoms with Crippen LogP contribution < -0.4 is 5.32 Å². The molecule has 1 amide bonds. The summed E-state index contributed by atoms with van der Waals surface area (Å²) in [5.74, 6) is -0.160. The van der Waals surface area contributed by atoms with E-state index in [0.717, 1.165) is 22.2 Å². The number of fused-ring (bicyclic) bond motifs is 1. The van der Waals surface area contributed by atoms with E-state index in [9.17, 15) is 4.79 Å². The Morgan fingerprint density at radius 3 is 2.21 bits per heavy atom. The van der Waals surface area contributed by atoms with E-state index >= 15 is 0 Å². The van der Waals surface area contributed by atoms with Crippen LogP contribution in [0.5, 0.6) is 0 Å². The summed E-state index contributed by atoms with van der Waals surface area (Å²) in [6.07, 6.45) is 0. The van der Waals surface area contributed by atoms with Crippen molar-refractivity contribution in [2.45, 2.75) is 12.8 Å². The van der Waals surface area contributed by atoms with Crippen LogP contribution in [0.3, 0.4) is 0 Å². The highest BCUT2D eigenvalue weighted by Crippen LogP contribution is 2.33. The summed E-state index contributed by atoms with van der Waals surface area (Å²) in [7, 11) is 0. The van der Waals surface area contributed by atoms with Crippen molar-refractivity contribution < 1.29 is 9.21 Å². The zero-order valence-corrected chi connectivity index (χ0v) is 18.7. The number of hydrogen-bond acceptors (Lipinski definition) is 3. The van der Waals surface area contributed by atoms with Gasteiger partial charge in [-0.2, -0.15) is 0 Å². The van der Waals surface area contributed by atoms with Gasteiger partial charge in [-0.15, -0.1) is 0 Å². The fourth-order valence-corrected chi connectivity index (χ4v) is 4.12. The molecular formula is C28H21ClN2O2. The van der Waals surface area contributed by atoms with Crippen molar-refractivity contribution in [3.05, 3.63) is 119 Å². The number of nitrogens with one attached hydrogen (secondary N) is 1. The van der Waals surface area contributed by atoms with Crippen LogP contribution >= 0.6 is 11.6 Å². The second kappa shape index (κ2) is 8.93. The molecule has 0 saturated heterocycles. The standard InChI is InChI=1S/C28H21ClN2O2/c1-18-12-15-25-24(16-18)31-28(33-25)22-17-21(13-14-23(22)29)30-27(32)26(19-8-4-2-5-9-19)20-10-6-3-7-11-20/h2-17,26H,1H3,(H,30,32). The Hall–Kier alpha value is -3.89. The number of benzene rings is 4. The predicted octanol–water partition coefficient (Wildman–Crippen LogP) is 7.23. The number of halogens is 1. The monoisotopic (exact) mass is 452 g/mol. The fraction of sp³-hybridized carbons (Fsp3) is 0.0714. The average molecular weight is 453 g/mol. The molecule has 0 aliphatic rings. The lowest BCUT2D eigenvalue weighted by Crippen LogP contribution is -2.22. The maximum absolute atomic E-state index is 13.4. The number of nitrogens with zero attached hydrogens (tertiary/aromatic N) is 1. The Kier molecular flexibility index (Phi) is 5.68. The second-order valence-corrected chi connectivity index (χ2v) is 8.34. The number of oxazole rings is 1. The number of carbonyl (C=O) groups excluding carboxylic acids is 1. The Morgan fingerprint density at radius 1 is 0.879 bits per heavy atom. The quantitative estimate of drug-likeness (QED) is 0.306. The van der Waals surface area contributed by atoms with Crippen LogP contribution in [-0.4, -0.2) is 10.9 Å². The van der Waals surface area contributed by atoms with Gasteiger partial charge in [0.15, 0.2) is 5.58 Å². The van der Waals surface area contributed by atoms with Gasteiger partial charge >= 0.3 is 0 Å². The smallest absolute Gasteiger partial charge is 0.236 e. The maximum Gasteiger partial charge on any atom is 0.236 e. The molecule has 33 heavy (non-hydrogen) atoms. The third-order valence-electron chi connectivity index (χ3n) is 5.54. The summed E-state index contributed by atoms with van der Waals surface area (Å²) in [4.78, 5) is 18.0. The van der Waals surface area contributed by atoms with Crippen molar-refractivity contribution in [3.63, 3.8) is 0 Å². The van der Waals surface area contributed by atoms with Gasteiger partial charge in [-0.05, 0) is 53.9 Å². The fourth-order valence-electron chi connectivity index (χ4n) is 3.92. The number of aromatic nitrogens is 1. The molecule has 0 radical (unpaired) electrons. The van der Waals surface area contributed by atoms with Gasteiger partial charge in [-0.25, -0.2) is 4.98 Å². The maximum atomic E-state index is 13.4. The average Bonchev–Trinajstić information content (AvgIpc) is 3.25. The minimum atomic E-state index is -0.446. The van der Waals surface area contributed by atoms with Crippen molar-refractivity contribution in [3.8, 4) is 11.5 Å². The molecule has 0 saturated carbocycles. The third kappa shape index (κ3) is 4.38. The summed E-state index contributed by atoms with van der Waals surface area (Å²) < 4.78 is 5.93. The first kappa shape index (κ1) is 21.0. The van der Waals surface area contributed by atoms with Crippen LogP contribution in [0.2, 0.25) is 5.02 Å². The van der Waals surface area contributed by atoms with E-state index in [1.165, 1.54) is 0 Å². The van der Waals surface area contributed by atoms with Gasteiger partial charge in [0.25, 0.3) is 0 Å². The third-order valence-corrected chi connectivity index (χ3v) is 5.86. The van der Waals surface area contributed by atoms with Crippen LogP contribution in [0, 0.1) is 6.92 Å². The molecule has 0 fully saturated rings. The second-order valence-electron chi connectivity index (χ2n) is 7.93. The SMILES string of the molecule is Cc1ccc2oc(-c3cc(NC(=O)C(c4ccccc4)c4ccccc4)ccc3Cl)nc2c1. The first-order chi connectivity index (χ1) is 16.1. The van der Waals surface area contributed by atoms with E-state index in [2.05, 4.69) is 10.3 Å². The van der Waals surface area contributed by atoms with Crippen LogP contribution in [0.25, 0.3) is 22.6 Å². The summed E-state index contributed by atoms with van der Waals surface area (Å²) in [5.41, 5.74) is 5.64. The minimum absolute atomic E-state index is 0.131.